The Morgan fingerprint density at radius 3 is 1.81 bits per heavy atom. The van der Waals surface area contributed by atoms with Crippen LogP contribution in [0.2, 0.25) is 0 Å². The minimum atomic E-state index is -1.77. The zero-order valence-electron chi connectivity index (χ0n) is 12.9. The Bertz CT molecular complexity index is 950. The first-order valence-corrected chi connectivity index (χ1v) is 6.94. The van der Waals surface area contributed by atoms with Crippen molar-refractivity contribution < 1.29 is 29.6 Å². The molecule has 0 radical (unpaired) electrons. The second kappa shape index (κ2) is 7.21. The number of hydrogen-bond donors (Lipinski definition) is 2. The Morgan fingerprint density at radius 1 is 0.769 bits per heavy atom. The highest BCUT2D eigenvalue weighted by atomic mass is 16.6. The van der Waals surface area contributed by atoms with Gasteiger partial charge in [0, 0.05) is 6.07 Å². The second-order valence-corrected chi connectivity index (χ2v) is 4.91. The summed E-state index contributed by atoms with van der Waals surface area (Å²) in [5.74, 6) is -3.41. The molecule has 132 valence electrons. The molecule has 0 aromatic heterocycles. The van der Waals surface area contributed by atoms with Gasteiger partial charge < -0.3 is 10.2 Å². The zero-order chi connectivity index (χ0) is 19.4. The number of para-hydroxylation sites is 1. The number of nitro benzene ring substituents is 2. The Hall–Kier alpha value is -4.08. The number of nitrogens with zero attached hydrogens (tertiary/aromatic N) is 2. The van der Waals surface area contributed by atoms with Gasteiger partial charge in [-0.25, -0.2) is 9.59 Å². The van der Waals surface area contributed by atoms with Crippen LogP contribution >= 0.6 is 0 Å². The number of carboxylic acids is 2. The molecule has 0 unspecified atom stereocenters. The Morgan fingerprint density at radius 2 is 1.35 bits per heavy atom. The molecule has 0 saturated carbocycles. The van der Waals surface area contributed by atoms with Gasteiger partial charge in [-0.15, -0.1) is 0 Å². The van der Waals surface area contributed by atoms with Gasteiger partial charge in [0.05, 0.1) is 26.6 Å². The topological polar surface area (TPSA) is 161 Å². The molecule has 0 aliphatic carbocycles. The van der Waals surface area contributed by atoms with Gasteiger partial charge in [0.2, 0.25) is 0 Å². The molecule has 10 nitrogen and oxygen atoms in total. The van der Waals surface area contributed by atoms with Crippen molar-refractivity contribution in [1.82, 2.24) is 0 Å². The molecule has 0 saturated heterocycles. The lowest BCUT2D eigenvalue weighted by Crippen LogP contribution is -2.12. The molecule has 0 fully saturated rings. The molecular weight excluding hydrogens is 348 g/mol. The lowest BCUT2D eigenvalue weighted by molar-refractivity contribution is -0.422. The van der Waals surface area contributed by atoms with Crippen LogP contribution in [0.15, 0.2) is 48.5 Å². The Balaban J connectivity index is 2.98. The van der Waals surface area contributed by atoms with Gasteiger partial charge >= 0.3 is 23.3 Å². The van der Waals surface area contributed by atoms with Gasteiger partial charge in [-0.3, -0.25) is 20.2 Å². The van der Waals surface area contributed by atoms with Crippen molar-refractivity contribution in [1.29, 1.82) is 0 Å². The maximum Gasteiger partial charge on any atom is 0.354 e. The van der Waals surface area contributed by atoms with Crippen LogP contribution in [0.1, 0.15) is 11.1 Å². The van der Waals surface area contributed by atoms with Gasteiger partial charge in [0.15, 0.2) is 0 Å². The maximum absolute atomic E-state index is 11.8. The molecule has 0 bridgehead atoms. The molecule has 2 N–H and O–H groups in total. The van der Waals surface area contributed by atoms with Crippen molar-refractivity contribution in [2.24, 2.45) is 0 Å². The molecular formula is C16H10N2O8. The third-order valence-electron chi connectivity index (χ3n) is 3.40. The average Bonchev–Trinajstić information content (AvgIpc) is 2.58. The van der Waals surface area contributed by atoms with Crippen molar-refractivity contribution in [3.63, 3.8) is 0 Å². The molecule has 10 heteroatoms. The van der Waals surface area contributed by atoms with Crippen molar-refractivity contribution in [2.75, 3.05) is 0 Å². The molecule has 0 aliphatic rings. The fourth-order valence-corrected chi connectivity index (χ4v) is 2.41. The predicted molar refractivity (Wildman–Crippen MR) is 88.3 cm³/mol. The van der Waals surface area contributed by atoms with Gasteiger partial charge in [-0.05, 0) is 11.6 Å². The summed E-state index contributed by atoms with van der Waals surface area (Å²) in [5.41, 5.74) is -4.36. The summed E-state index contributed by atoms with van der Waals surface area (Å²) >= 11 is 0. The third-order valence-corrected chi connectivity index (χ3v) is 3.40. The summed E-state index contributed by atoms with van der Waals surface area (Å²) in [7, 11) is 0. The molecule has 0 aliphatic heterocycles. The van der Waals surface area contributed by atoms with Gasteiger partial charge in [-0.2, -0.15) is 0 Å². The molecule has 2 aromatic carbocycles. The monoisotopic (exact) mass is 358 g/mol. The highest BCUT2D eigenvalue weighted by Gasteiger charge is 2.35. The summed E-state index contributed by atoms with van der Waals surface area (Å²) in [6.07, 6.45) is 0. The van der Waals surface area contributed by atoms with Crippen molar-refractivity contribution in [3.05, 3.63) is 79.9 Å². The fourth-order valence-electron chi connectivity index (χ4n) is 2.41. The van der Waals surface area contributed by atoms with Gasteiger partial charge in [-0.1, -0.05) is 36.4 Å². The number of carbonyl (C=O) groups is 2. The maximum atomic E-state index is 11.8. The van der Waals surface area contributed by atoms with Crippen LogP contribution in [0, 0.1) is 20.2 Å². The van der Waals surface area contributed by atoms with E-state index in [2.05, 4.69) is 0 Å². The highest BCUT2D eigenvalue weighted by molar-refractivity contribution is 6.37. The van der Waals surface area contributed by atoms with Gasteiger partial charge in [0.1, 0.15) is 0 Å². The van der Waals surface area contributed by atoms with E-state index in [4.69, 9.17) is 0 Å². The standard InChI is InChI=1S/C16H10N2O8/c19-15(20)12(9-5-2-1-3-6-9)13(16(21)22)10-7-4-8-11(17(23)24)14(10)18(25)26/h1-8H,(H,19,20)(H,21,22). The van der Waals surface area contributed by atoms with E-state index < -0.39 is 49.9 Å². The molecule has 26 heavy (non-hydrogen) atoms. The lowest BCUT2D eigenvalue weighted by atomic mass is 9.93. The molecule has 0 amide bonds. The first kappa shape index (κ1) is 18.3. The van der Waals surface area contributed by atoms with Crippen LogP contribution in [0.25, 0.3) is 11.1 Å². The number of hydrogen-bond acceptors (Lipinski definition) is 6. The van der Waals surface area contributed by atoms with Crippen molar-refractivity contribution in [3.8, 4) is 0 Å². The van der Waals surface area contributed by atoms with E-state index in [-0.39, 0.29) is 5.56 Å². The average molecular weight is 358 g/mol. The predicted octanol–water partition coefficient (Wildman–Crippen LogP) is 2.58. The van der Waals surface area contributed by atoms with Crippen LogP contribution < -0.4 is 0 Å². The third kappa shape index (κ3) is 3.38. The van der Waals surface area contributed by atoms with Gasteiger partial charge in [0.25, 0.3) is 0 Å². The van der Waals surface area contributed by atoms with Crippen molar-refractivity contribution >= 4 is 34.5 Å². The zero-order valence-corrected chi connectivity index (χ0v) is 12.9. The largest absolute Gasteiger partial charge is 0.478 e. The van der Waals surface area contributed by atoms with Crippen LogP contribution in [0.3, 0.4) is 0 Å². The van der Waals surface area contributed by atoms with E-state index in [9.17, 15) is 40.0 Å². The second-order valence-electron chi connectivity index (χ2n) is 4.91. The highest BCUT2D eigenvalue weighted by Crippen LogP contribution is 2.38. The first-order chi connectivity index (χ1) is 12.3. The summed E-state index contributed by atoms with van der Waals surface area (Å²) in [4.78, 5) is 43.7. The summed E-state index contributed by atoms with van der Waals surface area (Å²) in [6.45, 7) is 0. The fraction of sp³-hybridized carbons (Fsp3) is 0. The van der Waals surface area contributed by atoms with Crippen LogP contribution in [0.5, 0.6) is 0 Å². The molecule has 2 aromatic rings. The summed E-state index contributed by atoms with van der Waals surface area (Å²) in [6, 6.07) is 9.96. The summed E-state index contributed by atoms with van der Waals surface area (Å²) < 4.78 is 0. The smallest absolute Gasteiger partial charge is 0.354 e. The van der Waals surface area contributed by atoms with E-state index in [1.165, 1.54) is 24.3 Å². The SMILES string of the molecule is O=C(O)C(=C(C(=O)O)c1cccc([N+](=O)[O-])c1[N+](=O)[O-])c1ccccc1. The van der Waals surface area contributed by atoms with E-state index in [0.717, 1.165) is 18.2 Å². The van der Waals surface area contributed by atoms with Crippen LogP contribution in [0.4, 0.5) is 11.4 Å². The Labute approximate surface area is 144 Å². The minimum Gasteiger partial charge on any atom is -0.478 e. The molecule has 2 rings (SSSR count). The quantitative estimate of drug-likeness (QED) is 0.344. The lowest BCUT2D eigenvalue weighted by Gasteiger charge is -2.10. The molecule has 0 atom stereocenters. The van der Waals surface area contributed by atoms with Crippen LogP contribution in [-0.4, -0.2) is 32.0 Å². The van der Waals surface area contributed by atoms with Crippen molar-refractivity contribution in [2.45, 2.75) is 0 Å². The normalized spacial score (nSPS) is 11.4. The minimum absolute atomic E-state index is 0.0156. The number of benzene rings is 2. The first-order valence-electron chi connectivity index (χ1n) is 6.94. The number of carboxylic acid groups (broad SMARTS) is 2. The Kier molecular flexibility index (Phi) is 5.07. The number of rotatable bonds is 6. The van der Waals surface area contributed by atoms with E-state index in [0.29, 0.717) is 0 Å². The number of nitro groups is 2. The van der Waals surface area contributed by atoms with E-state index >= 15 is 0 Å². The van der Waals surface area contributed by atoms with Crippen LogP contribution in [-0.2, 0) is 9.59 Å². The molecule has 0 heterocycles. The number of aliphatic carboxylic acids is 2. The van der Waals surface area contributed by atoms with E-state index in [1.807, 2.05) is 0 Å². The molecule has 0 spiro atoms. The summed E-state index contributed by atoms with van der Waals surface area (Å²) in [5, 5.41) is 41.4. The van der Waals surface area contributed by atoms with E-state index in [1.54, 1.807) is 6.07 Å².